The fourth-order valence-electron chi connectivity index (χ4n) is 4.76. The van der Waals surface area contributed by atoms with E-state index < -0.39 is 29.2 Å². The van der Waals surface area contributed by atoms with Crippen molar-refractivity contribution in [3.05, 3.63) is 53.4 Å². The molecule has 37 heavy (non-hydrogen) atoms. The molecule has 2 fully saturated rings. The second-order valence-corrected chi connectivity index (χ2v) is 9.26. The number of aromatic nitrogens is 5. The zero-order valence-corrected chi connectivity index (χ0v) is 19.8. The van der Waals surface area contributed by atoms with Crippen molar-refractivity contribution < 1.29 is 27.1 Å². The molecule has 9 nitrogen and oxygen atoms in total. The third-order valence-electron chi connectivity index (χ3n) is 6.76. The number of amides is 1. The molecule has 192 valence electrons. The van der Waals surface area contributed by atoms with Crippen LogP contribution in [0.3, 0.4) is 0 Å². The maximum absolute atomic E-state index is 14.8. The first kappa shape index (κ1) is 23.5. The van der Waals surface area contributed by atoms with Gasteiger partial charge in [0, 0.05) is 12.1 Å². The molecular formula is C24H21F4N7O2. The molecule has 6 rings (SSSR count). The summed E-state index contributed by atoms with van der Waals surface area (Å²) < 4.78 is 61.8. The van der Waals surface area contributed by atoms with Crippen LogP contribution in [0, 0.1) is 12.7 Å². The molecule has 1 saturated carbocycles. The van der Waals surface area contributed by atoms with Crippen LogP contribution in [0.25, 0.3) is 16.7 Å². The lowest BCUT2D eigenvalue weighted by molar-refractivity contribution is -0.140. The second kappa shape index (κ2) is 8.07. The number of pyridine rings is 1. The van der Waals surface area contributed by atoms with Crippen LogP contribution in [0.4, 0.5) is 29.1 Å². The van der Waals surface area contributed by atoms with E-state index in [1.54, 1.807) is 17.9 Å². The van der Waals surface area contributed by atoms with E-state index in [4.69, 9.17) is 4.74 Å². The summed E-state index contributed by atoms with van der Waals surface area (Å²) in [5, 5.41) is 7.90. The number of nitrogens with one attached hydrogen (secondary N) is 1. The lowest BCUT2D eigenvalue weighted by Crippen LogP contribution is -2.49. The summed E-state index contributed by atoms with van der Waals surface area (Å²) in [5.74, 6) is -0.806. The van der Waals surface area contributed by atoms with Gasteiger partial charge in [-0.25, -0.2) is 19.3 Å². The molecule has 3 aromatic heterocycles. The van der Waals surface area contributed by atoms with Crippen LogP contribution >= 0.6 is 0 Å². The number of nitrogens with zero attached hydrogens (tertiary/aromatic N) is 6. The number of alkyl halides is 3. The highest BCUT2D eigenvalue weighted by atomic mass is 19.4. The van der Waals surface area contributed by atoms with Gasteiger partial charge in [-0.15, -0.1) is 5.10 Å². The minimum atomic E-state index is -4.82. The predicted octanol–water partition coefficient (Wildman–Crippen LogP) is 4.21. The number of halogens is 4. The number of carbonyl (C=O) groups excluding carboxylic acids is 1. The van der Waals surface area contributed by atoms with Crippen LogP contribution in [0.15, 0.2) is 30.6 Å². The van der Waals surface area contributed by atoms with Crippen molar-refractivity contribution >= 4 is 34.1 Å². The van der Waals surface area contributed by atoms with Crippen molar-refractivity contribution in [3.63, 3.8) is 0 Å². The zero-order chi connectivity index (χ0) is 26.1. The van der Waals surface area contributed by atoms with Crippen molar-refractivity contribution in [2.75, 3.05) is 23.4 Å². The zero-order valence-electron chi connectivity index (χ0n) is 19.8. The second-order valence-electron chi connectivity index (χ2n) is 9.26. The Hall–Kier alpha value is -3.87. The maximum atomic E-state index is 14.8. The number of hydrogen-bond acceptors (Lipinski definition) is 7. The quantitative estimate of drug-likeness (QED) is 0.407. The van der Waals surface area contributed by atoms with Crippen molar-refractivity contribution in [2.45, 2.75) is 44.5 Å². The third kappa shape index (κ3) is 3.76. The van der Waals surface area contributed by atoms with Gasteiger partial charge in [-0.3, -0.25) is 4.79 Å². The summed E-state index contributed by atoms with van der Waals surface area (Å²) >= 11 is 0. The highest BCUT2D eigenvalue weighted by molar-refractivity contribution is 6.06. The summed E-state index contributed by atoms with van der Waals surface area (Å²) in [5.41, 5.74) is -1.02. The van der Waals surface area contributed by atoms with E-state index in [0.717, 1.165) is 6.07 Å². The molecule has 1 saturated heterocycles. The Morgan fingerprint density at radius 3 is 2.70 bits per heavy atom. The van der Waals surface area contributed by atoms with E-state index >= 15 is 0 Å². The SMILES string of the molecule is Cc1nc2c(N3CCOC4(CC4)C3=O)cc3c(N[C@H](C)c4cccc(C(F)(F)F)c4F)ncnc3n2n1. The van der Waals surface area contributed by atoms with Gasteiger partial charge in [-0.05, 0) is 38.8 Å². The van der Waals surface area contributed by atoms with Crippen molar-refractivity contribution in [1.82, 2.24) is 24.6 Å². The van der Waals surface area contributed by atoms with Gasteiger partial charge >= 0.3 is 6.18 Å². The number of ether oxygens (including phenoxy) is 1. The smallest absolute Gasteiger partial charge is 0.363 e. The summed E-state index contributed by atoms with van der Waals surface area (Å²) in [7, 11) is 0. The van der Waals surface area contributed by atoms with E-state index in [1.807, 2.05) is 0 Å². The molecule has 1 aliphatic carbocycles. The molecule has 1 N–H and O–H groups in total. The Balaban J connectivity index is 1.46. The van der Waals surface area contributed by atoms with Crippen LogP contribution in [-0.4, -0.2) is 49.2 Å². The molecule has 4 heterocycles. The molecule has 0 bridgehead atoms. The summed E-state index contributed by atoms with van der Waals surface area (Å²) in [6, 6.07) is 3.98. The van der Waals surface area contributed by atoms with Crippen LogP contribution in [0.5, 0.6) is 0 Å². The first-order valence-corrected chi connectivity index (χ1v) is 11.7. The van der Waals surface area contributed by atoms with Crippen LogP contribution in [0.1, 0.15) is 42.8 Å². The molecule has 1 spiro atoms. The van der Waals surface area contributed by atoms with Gasteiger partial charge in [0.05, 0.1) is 29.3 Å². The van der Waals surface area contributed by atoms with Gasteiger partial charge in [0.15, 0.2) is 11.3 Å². The summed E-state index contributed by atoms with van der Waals surface area (Å²) in [6.45, 7) is 3.93. The number of anilines is 2. The molecule has 0 unspecified atom stereocenters. The summed E-state index contributed by atoms with van der Waals surface area (Å²) in [4.78, 5) is 28.0. The Bertz CT molecular complexity index is 1560. The van der Waals surface area contributed by atoms with Crippen molar-refractivity contribution in [1.29, 1.82) is 0 Å². The van der Waals surface area contributed by atoms with Crippen molar-refractivity contribution in [2.24, 2.45) is 0 Å². The molecule has 13 heteroatoms. The van der Waals surface area contributed by atoms with Gasteiger partial charge in [-0.1, -0.05) is 12.1 Å². The Labute approximate surface area is 207 Å². The topological polar surface area (TPSA) is 97.5 Å². The lowest BCUT2D eigenvalue weighted by atomic mass is 10.0. The number of carbonyl (C=O) groups is 1. The van der Waals surface area contributed by atoms with Gasteiger partial charge in [0.25, 0.3) is 5.91 Å². The van der Waals surface area contributed by atoms with E-state index in [-0.39, 0.29) is 17.3 Å². The Morgan fingerprint density at radius 2 is 1.97 bits per heavy atom. The van der Waals surface area contributed by atoms with E-state index in [1.165, 1.54) is 23.8 Å². The normalized spacial score (nSPS) is 18.1. The monoisotopic (exact) mass is 515 g/mol. The number of morpholine rings is 1. The number of aryl methyl sites for hydroxylation is 1. The largest absolute Gasteiger partial charge is 0.419 e. The van der Waals surface area contributed by atoms with Gasteiger partial charge in [-0.2, -0.15) is 17.7 Å². The van der Waals surface area contributed by atoms with Gasteiger partial charge in [0.2, 0.25) is 0 Å². The average molecular weight is 515 g/mol. The van der Waals surface area contributed by atoms with Gasteiger partial charge in [0.1, 0.15) is 29.4 Å². The standard InChI is InChI=1S/C24H21F4N7O2/c1-12(14-4-3-5-16(18(14)25)24(26,27)28)31-19-15-10-17(34-8-9-37-23(6-7-23)22(34)36)21-32-13(2)33-35(21)20(15)30-11-29-19/h3-5,10-12H,6-9H2,1-2H3,(H,29,30,31)/t12-/m1/s1. The van der Waals surface area contributed by atoms with E-state index in [9.17, 15) is 22.4 Å². The number of benzene rings is 1. The third-order valence-corrected chi connectivity index (χ3v) is 6.76. The minimum absolute atomic E-state index is 0.161. The Morgan fingerprint density at radius 1 is 1.19 bits per heavy atom. The summed E-state index contributed by atoms with van der Waals surface area (Å²) in [6.07, 6.45) is -2.26. The van der Waals surface area contributed by atoms with E-state index in [0.29, 0.717) is 60.3 Å². The molecule has 1 aromatic carbocycles. The minimum Gasteiger partial charge on any atom is -0.363 e. The van der Waals surface area contributed by atoms with Crippen LogP contribution < -0.4 is 10.2 Å². The molecular weight excluding hydrogens is 494 g/mol. The predicted molar refractivity (Wildman–Crippen MR) is 125 cm³/mol. The van der Waals surface area contributed by atoms with Crippen molar-refractivity contribution in [3.8, 4) is 0 Å². The fourth-order valence-corrected chi connectivity index (χ4v) is 4.76. The molecule has 0 radical (unpaired) electrons. The maximum Gasteiger partial charge on any atom is 0.419 e. The van der Waals surface area contributed by atoms with Crippen LogP contribution in [-0.2, 0) is 15.7 Å². The average Bonchev–Trinajstić information content (AvgIpc) is 3.51. The number of rotatable bonds is 4. The van der Waals surface area contributed by atoms with Crippen LogP contribution in [0.2, 0.25) is 0 Å². The number of hydrogen-bond donors (Lipinski definition) is 1. The van der Waals surface area contributed by atoms with E-state index in [2.05, 4.69) is 25.4 Å². The lowest BCUT2D eigenvalue weighted by Gasteiger charge is -2.32. The fraction of sp³-hybridized carbons (Fsp3) is 0.375. The highest BCUT2D eigenvalue weighted by Gasteiger charge is 2.55. The Kier molecular flexibility index (Phi) is 5.13. The first-order valence-electron chi connectivity index (χ1n) is 11.7. The molecule has 1 aliphatic heterocycles. The first-order chi connectivity index (χ1) is 17.6. The highest BCUT2D eigenvalue weighted by Crippen LogP contribution is 2.45. The molecule has 1 amide bonds. The molecule has 2 aliphatic rings. The molecule has 1 atom stereocenters. The molecule has 4 aromatic rings. The van der Waals surface area contributed by atoms with Gasteiger partial charge < -0.3 is 15.0 Å². The number of fused-ring (bicyclic) bond motifs is 3.